The zero-order chi connectivity index (χ0) is 15.4. The maximum Gasteiger partial charge on any atom is 0.263 e. The van der Waals surface area contributed by atoms with E-state index in [9.17, 15) is 4.79 Å². The smallest absolute Gasteiger partial charge is 0.263 e. The van der Waals surface area contributed by atoms with E-state index in [1.54, 1.807) is 18.2 Å². The molecule has 0 aliphatic rings. The van der Waals surface area contributed by atoms with E-state index in [2.05, 4.69) is 27.9 Å². The number of halogens is 1. The third-order valence-corrected chi connectivity index (χ3v) is 3.76. The van der Waals surface area contributed by atoms with Gasteiger partial charge in [-0.3, -0.25) is 4.79 Å². The van der Waals surface area contributed by atoms with Crippen LogP contribution in [0.5, 0.6) is 11.5 Å². The maximum atomic E-state index is 12.5. The highest BCUT2D eigenvalue weighted by atomic mass is 127. The third-order valence-electron chi connectivity index (χ3n) is 3.09. The number of anilines is 1. The summed E-state index contributed by atoms with van der Waals surface area (Å²) in [6.45, 7) is 1.96. The first kappa shape index (κ1) is 15.6. The molecule has 2 aromatic rings. The Morgan fingerprint density at radius 3 is 2.24 bits per heavy atom. The van der Waals surface area contributed by atoms with Crippen molar-refractivity contribution in [1.29, 1.82) is 0 Å². The van der Waals surface area contributed by atoms with Crippen molar-refractivity contribution >= 4 is 34.2 Å². The lowest BCUT2D eigenvalue weighted by molar-refractivity contribution is 0.102. The fraction of sp³-hybridized carbons (Fsp3) is 0.188. The van der Waals surface area contributed by atoms with Crippen molar-refractivity contribution in [3.05, 3.63) is 51.1 Å². The topological polar surface area (TPSA) is 47.6 Å². The average molecular weight is 397 g/mol. The molecular weight excluding hydrogens is 381 g/mol. The van der Waals surface area contributed by atoms with Crippen molar-refractivity contribution < 1.29 is 14.3 Å². The molecule has 2 rings (SSSR count). The monoisotopic (exact) mass is 397 g/mol. The molecule has 1 N–H and O–H groups in total. The van der Waals surface area contributed by atoms with Gasteiger partial charge in [0.15, 0.2) is 0 Å². The van der Waals surface area contributed by atoms with Crippen LogP contribution in [0.2, 0.25) is 0 Å². The van der Waals surface area contributed by atoms with Gasteiger partial charge in [0.2, 0.25) is 0 Å². The van der Waals surface area contributed by atoms with Crippen molar-refractivity contribution in [1.82, 2.24) is 0 Å². The molecule has 0 atom stereocenters. The van der Waals surface area contributed by atoms with Crippen molar-refractivity contribution in [2.45, 2.75) is 6.92 Å². The summed E-state index contributed by atoms with van der Waals surface area (Å²) in [5.74, 6) is 0.707. The van der Waals surface area contributed by atoms with Crippen LogP contribution in [0.4, 0.5) is 5.69 Å². The Bertz CT molecular complexity index is 648. The average Bonchev–Trinajstić information content (AvgIpc) is 2.49. The zero-order valence-electron chi connectivity index (χ0n) is 12.1. The van der Waals surface area contributed by atoms with Crippen molar-refractivity contribution in [2.75, 3.05) is 19.5 Å². The summed E-state index contributed by atoms with van der Waals surface area (Å²) in [7, 11) is 3.06. The molecular formula is C16H16INO3. The molecule has 21 heavy (non-hydrogen) atoms. The maximum absolute atomic E-state index is 12.5. The van der Waals surface area contributed by atoms with Crippen LogP contribution in [0, 0.1) is 10.5 Å². The highest BCUT2D eigenvalue weighted by molar-refractivity contribution is 14.1. The Morgan fingerprint density at radius 2 is 1.71 bits per heavy atom. The minimum atomic E-state index is -0.256. The first-order valence-corrected chi connectivity index (χ1v) is 7.43. The number of rotatable bonds is 4. The molecule has 0 heterocycles. The largest absolute Gasteiger partial charge is 0.496 e. The molecule has 0 bridgehead atoms. The van der Waals surface area contributed by atoms with E-state index in [1.807, 2.05) is 25.1 Å². The molecule has 0 saturated heterocycles. The van der Waals surface area contributed by atoms with Gasteiger partial charge in [0.1, 0.15) is 17.1 Å². The molecule has 110 valence electrons. The van der Waals surface area contributed by atoms with E-state index in [-0.39, 0.29) is 5.91 Å². The SMILES string of the molecule is COc1cccc(OC)c1C(=O)Nc1ccc(I)cc1C. The van der Waals surface area contributed by atoms with Crippen LogP contribution in [0.25, 0.3) is 0 Å². The van der Waals surface area contributed by atoms with Crippen LogP contribution in [0.15, 0.2) is 36.4 Å². The van der Waals surface area contributed by atoms with Crippen molar-refractivity contribution in [3.63, 3.8) is 0 Å². The van der Waals surface area contributed by atoms with Gasteiger partial charge >= 0.3 is 0 Å². The minimum Gasteiger partial charge on any atom is -0.496 e. The van der Waals surface area contributed by atoms with Gasteiger partial charge in [0.25, 0.3) is 5.91 Å². The highest BCUT2D eigenvalue weighted by Crippen LogP contribution is 2.29. The van der Waals surface area contributed by atoms with Crippen molar-refractivity contribution in [3.8, 4) is 11.5 Å². The lowest BCUT2D eigenvalue weighted by Gasteiger charge is -2.14. The molecule has 5 heteroatoms. The van der Waals surface area contributed by atoms with E-state index < -0.39 is 0 Å². The number of carbonyl (C=O) groups is 1. The third kappa shape index (κ3) is 3.47. The van der Waals surface area contributed by atoms with Crippen LogP contribution in [0.3, 0.4) is 0 Å². The van der Waals surface area contributed by atoms with Gasteiger partial charge in [0.05, 0.1) is 14.2 Å². The Hall–Kier alpha value is -1.76. The fourth-order valence-electron chi connectivity index (χ4n) is 2.03. The zero-order valence-corrected chi connectivity index (χ0v) is 14.2. The summed E-state index contributed by atoms with van der Waals surface area (Å²) in [6.07, 6.45) is 0. The molecule has 4 nitrogen and oxygen atoms in total. The predicted molar refractivity (Wildman–Crippen MR) is 91.4 cm³/mol. The number of carbonyl (C=O) groups excluding carboxylic acids is 1. The lowest BCUT2D eigenvalue weighted by atomic mass is 10.1. The second kappa shape index (κ2) is 6.80. The number of benzene rings is 2. The second-order valence-electron chi connectivity index (χ2n) is 4.45. The van der Waals surface area contributed by atoms with Crippen molar-refractivity contribution in [2.24, 2.45) is 0 Å². The van der Waals surface area contributed by atoms with Gasteiger partial charge in [-0.05, 0) is 65.4 Å². The molecule has 0 aromatic heterocycles. The lowest BCUT2D eigenvalue weighted by Crippen LogP contribution is -2.15. The fourth-order valence-corrected chi connectivity index (χ4v) is 2.67. The van der Waals surface area contributed by atoms with E-state index in [0.717, 1.165) is 14.8 Å². The summed E-state index contributed by atoms with van der Waals surface area (Å²) in [5.41, 5.74) is 2.16. The molecule has 2 aromatic carbocycles. The number of amides is 1. The molecule has 1 amide bonds. The van der Waals surface area contributed by atoms with E-state index in [1.165, 1.54) is 14.2 Å². The predicted octanol–water partition coefficient (Wildman–Crippen LogP) is 3.87. The number of hydrogen-bond donors (Lipinski definition) is 1. The molecule has 0 fully saturated rings. The van der Waals surface area contributed by atoms with Gasteiger partial charge in [-0.15, -0.1) is 0 Å². The summed E-state index contributed by atoms with van der Waals surface area (Å²) in [5, 5.41) is 2.90. The van der Waals surface area contributed by atoms with Crippen LogP contribution in [-0.4, -0.2) is 20.1 Å². The van der Waals surface area contributed by atoms with E-state index in [4.69, 9.17) is 9.47 Å². The molecule has 0 aliphatic heterocycles. The Morgan fingerprint density at radius 1 is 1.10 bits per heavy atom. The second-order valence-corrected chi connectivity index (χ2v) is 5.70. The normalized spacial score (nSPS) is 10.1. The summed E-state index contributed by atoms with van der Waals surface area (Å²) in [4.78, 5) is 12.5. The molecule has 0 saturated carbocycles. The van der Waals surface area contributed by atoms with Gasteiger partial charge in [-0.1, -0.05) is 6.07 Å². The molecule has 0 spiro atoms. The Kier molecular flexibility index (Phi) is 5.06. The van der Waals surface area contributed by atoms with Crippen LogP contribution in [0.1, 0.15) is 15.9 Å². The van der Waals surface area contributed by atoms with E-state index in [0.29, 0.717) is 17.1 Å². The number of hydrogen-bond acceptors (Lipinski definition) is 3. The Labute approximate surface area is 137 Å². The van der Waals surface area contributed by atoms with Gasteiger partial charge < -0.3 is 14.8 Å². The highest BCUT2D eigenvalue weighted by Gasteiger charge is 2.18. The standard InChI is InChI=1S/C16H16INO3/c1-10-9-11(17)7-8-12(10)18-16(19)15-13(20-2)5-4-6-14(15)21-3/h4-9H,1-3H3,(H,18,19). The summed E-state index contributed by atoms with van der Waals surface area (Å²) >= 11 is 2.24. The summed E-state index contributed by atoms with van der Waals surface area (Å²) < 4.78 is 11.6. The Balaban J connectivity index is 2.36. The number of ether oxygens (including phenoxy) is 2. The molecule has 0 unspecified atom stereocenters. The quantitative estimate of drug-likeness (QED) is 0.797. The van der Waals surface area contributed by atoms with E-state index >= 15 is 0 Å². The van der Waals surface area contributed by atoms with Gasteiger partial charge in [-0.25, -0.2) is 0 Å². The molecule has 0 aliphatic carbocycles. The van der Waals surface area contributed by atoms with Gasteiger partial charge in [0, 0.05) is 9.26 Å². The van der Waals surface area contributed by atoms with Crippen LogP contribution >= 0.6 is 22.6 Å². The number of methoxy groups -OCH3 is 2. The first-order chi connectivity index (χ1) is 10.1. The minimum absolute atomic E-state index is 0.256. The summed E-state index contributed by atoms with van der Waals surface area (Å²) in [6, 6.07) is 11.1. The van der Waals surface area contributed by atoms with Gasteiger partial charge in [-0.2, -0.15) is 0 Å². The van der Waals surface area contributed by atoms with Crippen LogP contribution in [-0.2, 0) is 0 Å². The van der Waals surface area contributed by atoms with Crippen LogP contribution < -0.4 is 14.8 Å². The number of aryl methyl sites for hydroxylation is 1. The number of nitrogens with one attached hydrogen (secondary N) is 1. The first-order valence-electron chi connectivity index (χ1n) is 6.35. The molecule has 0 radical (unpaired) electrons.